The number of rotatable bonds is 4. The predicted octanol–water partition coefficient (Wildman–Crippen LogP) is 1.50. The molecule has 4 heteroatoms. The fraction of sp³-hybridized carbons (Fsp3) is 0.533. The highest BCUT2D eigenvalue weighted by molar-refractivity contribution is 5.78. The van der Waals surface area contributed by atoms with Gasteiger partial charge in [-0.3, -0.25) is 4.79 Å². The highest BCUT2D eigenvalue weighted by atomic mass is 16.5. The molecule has 0 aliphatic carbocycles. The number of morpholine rings is 1. The highest BCUT2D eigenvalue weighted by Crippen LogP contribution is 2.13. The summed E-state index contributed by atoms with van der Waals surface area (Å²) in [6.45, 7) is 7.27. The molecule has 1 aliphatic heterocycles. The van der Waals surface area contributed by atoms with Gasteiger partial charge >= 0.3 is 0 Å². The van der Waals surface area contributed by atoms with Crippen LogP contribution in [-0.4, -0.2) is 43.7 Å². The van der Waals surface area contributed by atoms with E-state index in [9.17, 15) is 4.79 Å². The molecule has 1 atom stereocenters. The summed E-state index contributed by atoms with van der Waals surface area (Å²) in [6.07, 6.45) is 0. The molecule has 1 aromatic carbocycles. The minimum absolute atomic E-state index is 0.155. The second kappa shape index (κ2) is 6.68. The molecule has 104 valence electrons. The molecule has 1 aromatic rings. The second-order valence-electron chi connectivity index (χ2n) is 5.01. The molecule has 1 amide bonds. The lowest BCUT2D eigenvalue weighted by molar-refractivity contribution is -0.134. The first-order chi connectivity index (χ1) is 9.16. The Balaban J connectivity index is 1.82. The molecule has 4 nitrogen and oxygen atoms in total. The van der Waals surface area contributed by atoms with Gasteiger partial charge in [-0.1, -0.05) is 29.8 Å². The van der Waals surface area contributed by atoms with Gasteiger partial charge in [0.2, 0.25) is 5.91 Å². The lowest BCUT2D eigenvalue weighted by atomic mass is 10.1. The summed E-state index contributed by atoms with van der Waals surface area (Å²) >= 11 is 0. The van der Waals surface area contributed by atoms with E-state index in [-0.39, 0.29) is 11.9 Å². The minimum Gasteiger partial charge on any atom is -0.378 e. The van der Waals surface area contributed by atoms with Gasteiger partial charge in [0, 0.05) is 19.1 Å². The summed E-state index contributed by atoms with van der Waals surface area (Å²) in [4.78, 5) is 13.9. The topological polar surface area (TPSA) is 41.6 Å². The maximum absolute atomic E-state index is 12.0. The van der Waals surface area contributed by atoms with Crippen LogP contribution in [0.25, 0.3) is 0 Å². The highest BCUT2D eigenvalue weighted by Gasteiger charge is 2.17. The maximum Gasteiger partial charge on any atom is 0.236 e. The Kier molecular flexibility index (Phi) is 4.93. The Morgan fingerprint density at radius 1 is 1.42 bits per heavy atom. The van der Waals surface area contributed by atoms with Gasteiger partial charge in [-0.2, -0.15) is 0 Å². The van der Waals surface area contributed by atoms with Crippen LogP contribution in [0.2, 0.25) is 0 Å². The third-order valence-electron chi connectivity index (χ3n) is 3.47. The molecule has 0 radical (unpaired) electrons. The van der Waals surface area contributed by atoms with Crippen LogP contribution >= 0.6 is 0 Å². The van der Waals surface area contributed by atoms with E-state index in [1.54, 1.807) is 0 Å². The van der Waals surface area contributed by atoms with Crippen LogP contribution in [-0.2, 0) is 9.53 Å². The van der Waals surface area contributed by atoms with Gasteiger partial charge in [0.05, 0.1) is 19.8 Å². The Labute approximate surface area is 114 Å². The van der Waals surface area contributed by atoms with Gasteiger partial charge < -0.3 is 15.0 Å². The average molecular weight is 262 g/mol. The van der Waals surface area contributed by atoms with Crippen molar-refractivity contribution in [1.82, 2.24) is 10.2 Å². The Morgan fingerprint density at radius 2 is 2.16 bits per heavy atom. The first kappa shape index (κ1) is 14.0. The molecule has 1 fully saturated rings. The van der Waals surface area contributed by atoms with E-state index in [1.807, 2.05) is 11.0 Å². The van der Waals surface area contributed by atoms with Gasteiger partial charge in [0.1, 0.15) is 0 Å². The number of amides is 1. The first-order valence-corrected chi connectivity index (χ1v) is 6.82. The van der Waals surface area contributed by atoms with E-state index < -0.39 is 0 Å². The SMILES string of the molecule is Cc1cccc([C@H](C)NCC(=O)N2CCOCC2)c1. The molecule has 0 saturated carbocycles. The number of aryl methyl sites for hydroxylation is 1. The predicted molar refractivity (Wildman–Crippen MR) is 75.0 cm³/mol. The van der Waals surface area contributed by atoms with Crippen molar-refractivity contribution in [2.75, 3.05) is 32.8 Å². The fourth-order valence-corrected chi connectivity index (χ4v) is 2.22. The summed E-state index contributed by atoms with van der Waals surface area (Å²) in [5, 5.41) is 3.29. The first-order valence-electron chi connectivity index (χ1n) is 6.82. The zero-order valence-electron chi connectivity index (χ0n) is 11.7. The van der Waals surface area contributed by atoms with Crippen LogP contribution in [0.15, 0.2) is 24.3 Å². The number of benzene rings is 1. The van der Waals surface area contributed by atoms with Crippen LogP contribution in [0.5, 0.6) is 0 Å². The van der Waals surface area contributed by atoms with Crippen molar-refractivity contribution in [1.29, 1.82) is 0 Å². The van der Waals surface area contributed by atoms with Gasteiger partial charge in [-0.15, -0.1) is 0 Å². The number of ether oxygens (including phenoxy) is 1. The smallest absolute Gasteiger partial charge is 0.236 e. The van der Waals surface area contributed by atoms with Crippen molar-refractivity contribution in [2.24, 2.45) is 0 Å². The zero-order valence-corrected chi connectivity index (χ0v) is 11.7. The van der Waals surface area contributed by atoms with Crippen molar-refractivity contribution >= 4 is 5.91 Å². The summed E-state index contributed by atoms with van der Waals surface area (Å²) < 4.78 is 5.24. The number of carbonyl (C=O) groups excluding carboxylic acids is 1. The third kappa shape index (κ3) is 4.04. The number of hydrogen-bond acceptors (Lipinski definition) is 3. The van der Waals surface area contributed by atoms with Gasteiger partial charge in [-0.05, 0) is 19.4 Å². The molecule has 1 aliphatic rings. The van der Waals surface area contributed by atoms with Crippen molar-refractivity contribution in [3.8, 4) is 0 Å². The van der Waals surface area contributed by atoms with Crippen LogP contribution in [0.3, 0.4) is 0 Å². The van der Waals surface area contributed by atoms with Gasteiger partial charge in [0.15, 0.2) is 0 Å². The lowest BCUT2D eigenvalue weighted by Crippen LogP contribution is -2.45. The van der Waals surface area contributed by atoms with E-state index in [0.29, 0.717) is 32.8 Å². The quantitative estimate of drug-likeness (QED) is 0.894. The minimum atomic E-state index is 0.155. The summed E-state index contributed by atoms with van der Waals surface area (Å²) in [7, 11) is 0. The second-order valence-corrected chi connectivity index (χ2v) is 5.01. The number of nitrogens with one attached hydrogen (secondary N) is 1. The number of nitrogens with zero attached hydrogens (tertiary/aromatic N) is 1. The molecule has 0 unspecified atom stereocenters. The Bertz CT molecular complexity index is 428. The lowest BCUT2D eigenvalue weighted by Gasteiger charge is -2.27. The molecule has 0 spiro atoms. The van der Waals surface area contributed by atoms with E-state index >= 15 is 0 Å². The maximum atomic E-state index is 12.0. The monoisotopic (exact) mass is 262 g/mol. The fourth-order valence-electron chi connectivity index (χ4n) is 2.22. The van der Waals surface area contributed by atoms with Crippen molar-refractivity contribution in [3.63, 3.8) is 0 Å². The van der Waals surface area contributed by atoms with Crippen molar-refractivity contribution < 1.29 is 9.53 Å². The molecule has 0 aromatic heterocycles. The Hall–Kier alpha value is -1.39. The summed E-state index contributed by atoms with van der Waals surface area (Å²) in [6, 6.07) is 8.55. The molecule has 19 heavy (non-hydrogen) atoms. The van der Waals surface area contributed by atoms with Gasteiger partial charge in [0.25, 0.3) is 0 Å². The molecular weight excluding hydrogens is 240 g/mol. The standard InChI is InChI=1S/C15H22N2O2/c1-12-4-3-5-14(10-12)13(2)16-11-15(18)17-6-8-19-9-7-17/h3-5,10,13,16H,6-9,11H2,1-2H3/t13-/m0/s1. The van der Waals surface area contributed by atoms with E-state index in [1.165, 1.54) is 11.1 Å². The summed E-state index contributed by atoms with van der Waals surface area (Å²) in [5.74, 6) is 0.155. The molecule has 1 saturated heterocycles. The average Bonchev–Trinajstić information content (AvgIpc) is 2.45. The largest absolute Gasteiger partial charge is 0.378 e. The molecule has 1 N–H and O–H groups in total. The summed E-state index contributed by atoms with van der Waals surface area (Å²) in [5.41, 5.74) is 2.46. The van der Waals surface area contributed by atoms with Crippen molar-refractivity contribution in [2.45, 2.75) is 19.9 Å². The van der Waals surface area contributed by atoms with Crippen molar-refractivity contribution in [3.05, 3.63) is 35.4 Å². The Morgan fingerprint density at radius 3 is 2.84 bits per heavy atom. The number of hydrogen-bond donors (Lipinski definition) is 1. The molecule has 2 rings (SSSR count). The van der Waals surface area contributed by atoms with Crippen LogP contribution in [0.4, 0.5) is 0 Å². The molecular formula is C15H22N2O2. The number of carbonyl (C=O) groups is 1. The van der Waals surface area contributed by atoms with Crippen LogP contribution in [0, 0.1) is 6.92 Å². The van der Waals surface area contributed by atoms with Crippen LogP contribution in [0.1, 0.15) is 24.1 Å². The zero-order chi connectivity index (χ0) is 13.7. The van der Waals surface area contributed by atoms with E-state index in [2.05, 4.69) is 37.4 Å². The normalized spacial score (nSPS) is 17.3. The van der Waals surface area contributed by atoms with E-state index in [0.717, 1.165) is 0 Å². The van der Waals surface area contributed by atoms with Crippen LogP contribution < -0.4 is 5.32 Å². The third-order valence-corrected chi connectivity index (χ3v) is 3.47. The molecule has 1 heterocycles. The van der Waals surface area contributed by atoms with E-state index in [4.69, 9.17) is 4.74 Å². The molecule has 0 bridgehead atoms. The van der Waals surface area contributed by atoms with Gasteiger partial charge in [-0.25, -0.2) is 0 Å².